The average Bonchev–Trinajstić information content (AvgIpc) is 2.35. The summed E-state index contributed by atoms with van der Waals surface area (Å²) in [6, 6.07) is 7.00. The normalized spacial score (nSPS) is 13.6. The highest BCUT2D eigenvalue weighted by molar-refractivity contribution is 5.76. The minimum absolute atomic E-state index is 0.137. The first-order chi connectivity index (χ1) is 8.81. The molecule has 0 aliphatic rings. The highest BCUT2D eigenvalue weighted by Gasteiger charge is 2.30. The molecule has 19 heavy (non-hydrogen) atoms. The molecule has 1 rings (SSSR count). The summed E-state index contributed by atoms with van der Waals surface area (Å²) >= 11 is 0. The van der Waals surface area contributed by atoms with Gasteiger partial charge in [-0.25, -0.2) is 4.79 Å². The molecule has 0 heterocycles. The lowest BCUT2D eigenvalue weighted by Gasteiger charge is -2.18. The first kappa shape index (κ1) is 15.2. The largest absolute Gasteiger partial charge is 0.490 e. The van der Waals surface area contributed by atoms with Crippen LogP contribution in [-0.4, -0.2) is 34.2 Å². The SMILES string of the molecule is CC(=O)CCc1ccc(OCC(C)(O)C(=O)O)cc1. The van der Waals surface area contributed by atoms with Gasteiger partial charge in [-0.05, 0) is 38.0 Å². The molecule has 0 aliphatic carbocycles. The molecule has 5 heteroatoms. The van der Waals surface area contributed by atoms with E-state index < -0.39 is 11.6 Å². The van der Waals surface area contributed by atoms with Crippen LogP contribution in [0.15, 0.2) is 24.3 Å². The van der Waals surface area contributed by atoms with Crippen LogP contribution in [0.3, 0.4) is 0 Å². The lowest BCUT2D eigenvalue weighted by molar-refractivity contribution is -0.159. The van der Waals surface area contributed by atoms with Crippen LogP contribution in [0.5, 0.6) is 5.75 Å². The number of aryl methyl sites for hydroxylation is 1. The topological polar surface area (TPSA) is 83.8 Å². The van der Waals surface area contributed by atoms with E-state index in [-0.39, 0.29) is 12.4 Å². The number of hydrogen-bond donors (Lipinski definition) is 2. The summed E-state index contributed by atoms with van der Waals surface area (Å²) in [4.78, 5) is 21.5. The number of carbonyl (C=O) groups is 2. The fraction of sp³-hybridized carbons (Fsp3) is 0.429. The number of carboxylic acid groups (broad SMARTS) is 1. The van der Waals surface area contributed by atoms with E-state index in [9.17, 15) is 14.7 Å². The Morgan fingerprint density at radius 1 is 1.26 bits per heavy atom. The summed E-state index contributed by atoms with van der Waals surface area (Å²) in [5.74, 6) is -0.712. The Bertz CT molecular complexity index is 447. The molecule has 1 aromatic carbocycles. The summed E-state index contributed by atoms with van der Waals surface area (Å²) in [6.07, 6.45) is 1.16. The van der Waals surface area contributed by atoms with E-state index in [2.05, 4.69) is 0 Å². The van der Waals surface area contributed by atoms with Gasteiger partial charge in [0.1, 0.15) is 18.1 Å². The summed E-state index contributed by atoms with van der Waals surface area (Å²) in [7, 11) is 0. The summed E-state index contributed by atoms with van der Waals surface area (Å²) in [5, 5.41) is 18.2. The van der Waals surface area contributed by atoms with Crippen molar-refractivity contribution < 1.29 is 24.5 Å². The zero-order chi connectivity index (χ0) is 14.5. The fourth-order valence-electron chi connectivity index (χ4n) is 1.36. The van der Waals surface area contributed by atoms with Crippen molar-refractivity contribution in [2.24, 2.45) is 0 Å². The fourth-order valence-corrected chi connectivity index (χ4v) is 1.36. The summed E-state index contributed by atoms with van der Waals surface area (Å²) in [6.45, 7) is 2.40. The van der Waals surface area contributed by atoms with Gasteiger partial charge < -0.3 is 19.7 Å². The zero-order valence-corrected chi connectivity index (χ0v) is 11.0. The second-order valence-corrected chi connectivity index (χ2v) is 4.71. The van der Waals surface area contributed by atoms with Crippen LogP contribution in [0, 0.1) is 0 Å². The van der Waals surface area contributed by atoms with Gasteiger partial charge in [0.2, 0.25) is 0 Å². The number of Topliss-reactive ketones (excluding diaryl/α,β-unsaturated/α-hetero) is 1. The molecular formula is C14H18O5. The number of rotatable bonds is 7. The van der Waals surface area contributed by atoms with Crippen LogP contribution in [-0.2, 0) is 16.0 Å². The second-order valence-electron chi connectivity index (χ2n) is 4.71. The molecule has 2 N–H and O–H groups in total. The maximum Gasteiger partial charge on any atom is 0.339 e. The van der Waals surface area contributed by atoms with Crippen molar-refractivity contribution in [2.75, 3.05) is 6.61 Å². The molecule has 0 spiro atoms. The van der Waals surface area contributed by atoms with Crippen molar-refractivity contribution >= 4 is 11.8 Å². The molecule has 1 atom stereocenters. The molecule has 0 fully saturated rings. The number of ketones is 1. The van der Waals surface area contributed by atoms with Crippen LogP contribution >= 0.6 is 0 Å². The first-order valence-corrected chi connectivity index (χ1v) is 5.98. The van der Waals surface area contributed by atoms with Crippen molar-refractivity contribution in [1.29, 1.82) is 0 Å². The van der Waals surface area contributed by atoms with Gasteiger partial charge in [-0.3, -0.25) is 0 Å². The number of carboxylic acids is 1. The number of hydrogen-bond acceptors (Lipinski definition) is 4. The van der Waals surface area contributed by atoms with Crippen molar-refractivity contribution in [2.45, 2.75) is 32.3 Å². The van der Waals surface area contributed by atoms with Gasteiger partial charge in [-0.1, -0.05) is 12.1 Å². The zero-order valence-electron chi connectivity index (χ0n) is 11.0. The van der Waals surface area contributed by atoms with E-state index in [1.165, 1.54) is 6.92 Å². The third kappa shape index (κ3) is 5.09. The molecule has 5 nitrogen and oxygen atoms in total. The number of ether oxygens (including phenoxy) is 1. The third-order valence-electron chi connectivity index (χ3n) is 2.67. The van der Waals surface area contributed by atoms with Crippen LogP contribution < -0.4 is 4.74 Å². The highest BCUT2D eigenvalue weighted by atomic mass is 16.5. The molecular weight excluding hydrogens is 248 g/mol. The first-order valence-electron chi connectivity index (χ1n) is 5.98. The van der Waals surface area contributed by atoms with Crippen molar-refractivity contribution in [3.05, 3.63) is 29.8 Å². The van der Waals surface area contributed by atoms with Gasteiger partial charge in [0.15, 0.2) is 5.60 Å². The van der Waals surface area contributed by atoms with Gasteiger partial charge in [0.05, 0.1) is 0 Å². The van der Waals surface area contributed by atoms with Crippen LogP contribution in [0.4, 0.5) is 0 Å². The third-order valence-corrected chi connectivity index (χ3v) is 2.67. The number of benzene rings is 1. The van der Waals surface area contributed by atoms with Crippen molar-refractivity contribution in [3.63, 3.8) is 0 Å². The van der Waals surface area contributed by atoms with E-state index in [0.29, 0.717) is 18.6 Å². The van der Waals surface area contributed by atoms with E-state index in [4.69, 9.17) is 9.84 Å². The van der Waals surface area contributed by atoms with E-state index >= 15 is 0 Å². The smallest absolute Gasteiger partial charge is 0.339 e. The molecule has 1 unspecified atom stereocenters. The highest BCUT2D eigenvalue weighted by Crippen LogP contribution is 2.15. The number of aliphatic carboxylic acids is 1. The quantitative estimate of drug-likeness (QED) is 0.779. The lowest BCUT2D eigenvalue weighted by Crippen LogP contribution is -2.41. The molecule has 0 amide bonds. The van der Waals surface area contributed by atoms with Crippen LogP contribution in [0.25, 0.3) is 0 Å². The van der Waals surface area contributed by atoms with Crippen LogP contribution in [0.1, 0.15) is 25.8 Å². The Hall–Kier alpha value is -1.88. The molecule has 104 valence electrons. The van der Waals surface area contributed by atoms with E-state index in [1.54, 1.807) is 19.1 Å². The van der Waals surface area contributed by atoms with Crippen molar-refractivity contribution in [1.82, 2.24) is 0 Å². The molecule has 0 bridgehead atoms. The molecule has 0 radical (unpaired) electrons. The maximum absolute atomic E-state index is 10.9. The van der Waals surface area contributed by atoms with Gasteiger partial charge >= 0.3 is 5.97 Å². The van der Waals surface area contributed by atoms with Crippen LogP contribution in [0.2, 0.25) is 0 Å². The van der Waals surface area contributed by atoms with E-state index in [1.807, 2.05) is 12.1 Å². The molecule has 0 saturated carbocycles. The Labute approximate surface area is 111 Å². The Kier molecular flexibility index (Phi) is 5.06. The standard InChI is InChI=1S/C14H18O5/c1-10(15)3-4-11-5-7-12(8-6-11)19-9-14(2,18)13(16)17/h5-8,18H,3-4,9H2,1-2H3,(H,16,17). The molecule has 0 saturated heterocycles. The number of aliphatic hydroxyl groups is 1. The second kappa shape index (κ2) is 6.33. The van der Waals surface area contributed by atoms with Gasteiger partial charge in [0, 0.05) is 6.42 Å². The van der Waals surface area contributed by atoms with Crippen molar-refractivity contribution in [3.8, 4) is 5.75 Å². The Balaban J connectivity index is 2.53. The number of carbonyl (C=O) groups excluding carboxylic acids is 1. The predicted octanol–water partition coefficient (Wildman–Crippen LogP) is 1.42. The molecule has 0 aliphatic heterocycles. The minimum atomic E-state index is -1.91. The average molecular weight is 266 g/mol. The van der Waals surface area contributed by atoms with E-state index in [0.717, 1.165) is 5.56 Å². The maximum atomic E-state index is 10.9. The Morgan fingerprint density at radius 2 is 1.84 bits per heavy atom. The van der Waals surface area contributed by atoms with Gasteiger partial charge in [0.25, 0.3) is 0 Å². The molecule has 1 aromatic rings. The summed E-state index contributed by atoms with van der Waals surface area (Å²) in [5.41, 5.74) is -0.902. The van der Waals surface area contributed by atoms with Gasteiger partial charge in [-0.15, -0.1) is 0 Å². The van der Waals surface area contributed by atoms with Gasteiger partial charge in [-0.2, -0.15) is 0 Å². The lowest BCUT2D eigenvalue weighted by atomic mass is 10.1. The monoisotopic (exact) mass is 266 g/mol. The predicted molar refractivity (Wildman–Crippen MR) is 69.2 cm³/mol. The Morgan fingerprint density at radius 3 is 2.32 bits per heavy atom. The molecule has 0 aromatic heterocycles. The minimum Gasteiger partial charge on any atom is -0.490 e. The summed E-state index contributed by atoms with van der Waals surface area (Å²) < 4.78 is 5.21.